The minimum atomic E-state index is -0.978. The Hall–Kier alpha value is -2.08. The first kappa shape index (κ1) is 17.3. The third-order valence-electron chi connectivity index (χ3n) is 4.04. The van der Waals surface area contributed by atoms with E-state index in [-0.39, 0.29) is 18.5 Å². The second kappa shape index (κ2) is 8.53. The summed E-state index contributed by atoms with van der Waals surface area (Å²) in [4.78, 5) is 25.0. The molecular formula is C17H23NO5. The molecule has 1 fully saturated rings. The van der Waals surface area contributed by atoms with Gasteiger partial charge in [-0.1, -0.05) is 12.1 Å². The molecular weight excluding hydrogens is 298 g/mol. The minimum Gasteiger partial charge on any atom is -0.497 e. The molecule has 0 atom stereocenters. The summed E-state index contributed by atoms with van der Waals surface area (Å²) in [5.74, 6) is -0.320. The van der Waals surface area contributed by atoms with E-state index in [2.05, 4.69) is 0 Å². The number of ether oxygens (including phenoxy) is 2. The molecule has 1 aromatic carbocycles. The van der Waals surface area contributed by atoms with Crippen LogP contribution in [0.1, 0.15) is 24.8 Å². The van der Waals surface area contributed by atoms with Gasteiger partial charge in [-0.15, -0.1) is 0 Å². The van der Waals surface area contributed by atoms with Gasteiger partial charge in [-0.25, -0.2) is 0 Å². The molecule has 0 aromatic heterocycles. The van der Waals surface area contributed by atoms with Crippen LogP contribution in [0.3, 0.4) is 0 Å². The van der Waals surface area contributed by atoms with Gasteiger partial charge in [-0.3, -0.25) is 9.59 Å². The lowest BCUT2D eigenvalue weighted by Gasteiger charge is -2.33. The maximum absolute atomic E-state index is 12.5. The average Bonchev–Trinajstić information content (AvgIpc) is 2.58. The van der Waals surface area contributed by atoms with Crippen LogP contribution in [0.4, 0.5) is 0 Å². The van der Waals surface area contributed by atoms with Crippen LogP contribution >= 0.6 is 0 Å². The Kier molecular flexibility index (Phi) is 6.40. The van der Waals surface area contributed by atoms with Crippen LogP contribution in [0.2, 0.25) is 0 Å². The van der Waals surface area contributed by atoms with Crippen molar-refractivity contribution in [2.45, 2.75) is 31.7 Å². The third kappa shape index (κ3) is 5.25. The van der Waals surface area contributed by atoms with Crippen molar-refractivity contribution in [3.8, 4) is 5.75 Å². The number of carboxylic acids is 1. The number of carbonyl (C=O) groups is 2. The summed E-state index contributed by atoms with van der Waals surface area (Å²) in [5, 5.41) is 9.07. The van der Waals surface area contributed by atoms with E-state index in [1.54, 1.807) is 7.11 Å². The molecule has 2 rings (SSSR count). The zero-order valence-electron chi connectivity index (χ0n) is 13.4. The fraction of sp³-hybridized carbons (Fsp3) is 0.529. The van der Waals surface area contributed by atoms with Gasteiger partial charge in [0.1, 0.15) is 12.3 Å². The number of rotatable bonds is 7. The molecule has 0 aliphatic carbocycles. The lowest BCUT2D eigenvalue weighted by atomic mass is 10.0. The van der Waals surface area contributed by atoms with E-state index in [9.17, 15) is 9.59 Å². The van der Waals surface area contributed by atoms with E-state index < -0.39 is 5.97 Å². The number of hydrogen-bond donors (Lipinski definition) is 1. The molecule has 1 aliphatic heterocycles. The smallest absolute Gasteiger partial charge is 0.323 e. The molecule has 0 saturated carbocycles. The summed E-state index contributed by atoms with van der Waals surface area (Å²) >= 11 is 0. The SMILES string of the molecule is COc1ccc(CCC(=O)N(CC(=O)O)C2CCOCC2)cc1. The van der Waals surface area contributed by atoms with Gasteiger partial charge in [0.05, 0.1) is 7.11 Å². The number of hydrogen-bond acceptors (Lipinski definition) is 4. The first-order chi connectivity index (χ1) is 11.1. The Labute approximate surface area is 136 Å². The number of carboxylic acid groups (broad SMARTS) is 1. The molecule has 126 valence electrons. The van der Waals surface area contributed by atoms with Gasteiger partial charge in [-0.2, -0.15) is 0 Å². The maximum atomic E-state index is 12.5. The van der Waals surface area contributed by atoms with Crippen molar-refractivity contribution in [1.29, 1.82) is 0 Å². The molecule has 1 aliphatic rings. The summed E-state index contributed by atoms with van der Waals surface area (Å²) in [7, 11) is 1.61. The van der Waals surface area contributed by atoms with Gasteiger partial charge in [0.2, 0.25) is 5.91 Å². The highest BCUT2D eigenvalue weighted by Crippen LogP contribution is 2.17. The average molecular weight is 321 g/mol. The number of aryl methyl sites for hydroxylation is 1. The topological polar surface area (TPSA) is 76.1 Å². The fourth-order valence-corrected chi connectivity index (χ4v) is 2.75. The molecule has 1 heterocycles. The summed E-state index contributed by atoms with van der Waals surface area (Å²) in [6, 6.07) is 7.51. The van der Waals surface area contributed by atoms with Gasteiger partial charge in [-0.05, 0) is 37.0 Å². The number of amides is 1. The van der Waals surface area contributed by atoms with Gasteiger partial charge in [0.25, 0.3) is 0 Å². The first-order valence-electron chi connectivity index (χ1n) is 7.82. The fourth-order valence-electron chi connectivity index (χ4n) is 2.75. The number of aliphatic carboxylic acids is 1. The highest BCUT2D eigenvalue weighted by Gasteiger charge is 2.27. The first-order valence-corrected chi connectivity index (χ1v) is 7.82. The second-order valence-electron chi connectivity index (χ2n) is 5.61. The maximum Gasteiger partial charge on any atom is 0.323 e. The molecule has 1 amide bonds. The highest BCUT2D eigenvalue weighted by atomic mass is 16.5. The van der Waals surface area contributed by atoms with Crippen LogP contribution in [0, 0.1) is 0 Å². The van der Waals surface area contributed by atoms with Crippen LogP contribution in [-0.2, 0) is 20.7 Å². The predicted molar refractivity (Wildman–Crippen MR) is 84.5 cm³/mol. The van der Waals surface area contributed by atoms with E-state index in [1.165, 1.54) is 4.90 Å². The molecule has 6 nitrogen and oxygen atoms in total. The van der Waals surface area contributed by atoms with Crippen LogP contribution in [-0.4, -0.2) is 54.8 Å². The quantitative estimate of drug-likeness (QED) is 0.827. The highest BCUT2D eigenvalue weighted by molar-refractivity contribution is 5.81. The summed E-state index contributed by atoms with van der Waals surface area (Å²) < 4.78 is 10.4. The second-order valence-corrected chi connectivity index (χ2v) is 5.61. The Morgan fingerprint density at radius 3 is 2.48 bits per heavy atom. The number of nitrogens with zero attached hydrogens (tertiary/aromatic N) is 1. The van der Waals surface area contributed by atoms with Gasteiger partial charge >= 0.3 is 5.97 Å². The summed E-state index contributed by atoms with van der Waals surface area (Å²) in [5.41, 5.74) is 1.03. The molecule has 1 saturated heterocycles. The Balaban J connectivity index is 1.94. The number of benzene rings is 1. The molecule has 1 aromatic rings. The lowest BCUT2D eigenvalue weighted by molar-refractivity contribution is -0.147. The molecule has 0 radical (unpaired) electrons. The van der Waals surface area contributed by atoms with E-state index in [1.807, 2.05) is 24.3 Å². The zero-order valence-corrected chi connectivity index (χ0v) is 13.4. The Bertz CT molecular complexity index is 522. The zero-order chi connectivity index (χ0) is 16.7. The van der Waals surface area contributed by atoms with Crippen molar-refractivity contribution in [3.63, 3.8) is 0 Å². The van der Waals surface area contributed by atoms with Crippen LogP contribution in [0.5, 0.6) is 5.75 Å². The van der Waals surface area contributed by atoms with Crippen LogP contribution < -0.4 is 4.74 Å². The standard InChI is InChI=1S/C17H23NO5/c1-22-15-5-2-13(3-6-15)4-7-16(19)18(12-17(20)21)14-8-10-23-11-9-14/h2-3,5-6,14H,4,7-12H2,1H3,(H,20,21). The third-order valence-corrected chi connectivity index (χ3v) is 4.04. The van der Waals surface area contributed by atoms with Crippen molar-refractivity contribution >= 4 is 11.9 Å². The lowest BCUT2D eigenvalue weighted by Crippen LogP contribution is -2.46. The predicted octanol–water partition coefficient (Wildman–Crippen LogP) is 1.72. The van der Waals surface area contributed by atoms with Crippen molar-refractivity contribution in [2.24, 2.45) is 0 Å². The van der Waals surface area contributed by atoms with E-state index in [0.29, 0.717) is 38.9 Å². The van der Waals surface area contributed by atoms with Gasteiger partial charge < -0.3 is 19.5 Å². The minimum absolute atomic E-state index is 0.0387. The largest absolute Gasteiger partial charge is 0.497 e. The van der Waals surface area contributed by atoms with Crippen molar-refractivity contribution in [2.75, 3.05) is 26.9 Å². The van der Waals surface area contributed by atoms with Crippen LogP contribution in [0.25, 0.3) is 0 Å². The molecule has 0 bridgehead atoms. The molecule has 23 heavy (non-hydrogen) atoms. The van der Waals surface area contributed by atoms with E-state index in [0.717, 1.165) is 11.3 Å². The summed E-state index contributed by atoms with van der Waals surface area (Å²) in [6.07, 6.45) is 2.28. The summed E-state index contributed by atoms with van der Waals surface area (Å²) in [6.45, 7) is 0.908. The number of carbonyl (C=O) groups excluding carboxylic acids is 1. The monoisotopic (exact) mass is 321 g/mol. The van der Waals surface area contributed by atoms with Crippen LogP contribution in [0.15, 0.2) is 24.3 Å². The van der Waals surface area contributed by atoms with Gasteiger partial charge in [0.15, 0.2) is 0 Å². The van der Waals surface area contributed by atoms with E-state index >= 15 is 0 Å². The Morgan fingerprint density at radius 1 is 1.26 bits per heavy atom. The normalized spacial score (nSPS) is 15.2. The molecule has 0 unspecified atom stereocenters. The van der Waals surface area contributed by atoms with Crippen molar-refractivity contribution < 1.29 is 24.2 Å². The molecule has 6 heteroatoms. The number of methoxy groups -OCH3 is 1. The van der Waals surface area contributed by atoms with Crippen molar-refractivity contribution in [1.82, 2.24) is 4.90 Å². The van der Waals surface area contributed by atoms with Crippen molar-refractivity contribution in [3.05, 3.63) is 29.8 Å². The molecule has 1 N–H and O–H groups in total. The van der Waals surface area contributed by atoms with Gasteiger partial charge in [0, 0.05) is 25.7 Å². The van der Waals surface area contributed by atoms with E-state index in [4.69, 9.17) is 14.6 Å². The molecule has 0 spiro atoms. The Morgan fingerprint density at radius 2 is 1.91 bits per heavy atom.